The monoisotopic (exact) mass is 404 g/mol. The molecule has 1 aliphatic carbocycles. The molecule has 1 aromatic rings. The number of thiophene rings is 1. The summed E-state index contributed by atoms with van der Waals surface area (Å²) < 4.78 is 34.4. The quantitative estimate of drug-likeness (QED) is 0.781. The Balaban J connectivity index is 1.53. The van der Waals surface area contributed by atoms with Crippen molar-refractivity contribution in [2.45, 2.75) is 18.4 Å². The van der Waals surface area contributed by atoms with Gasteiger partial charge in [-0.3, -0.25) is 4.79 Å². The molecule has 4 aliphatic rings. The molecule has 1 saturated carbocycles. The predicted molar refractivity (Wildman–Crippen MR) is 85.4 cm³/mol. The minimum atomic E-state index is -2.76. The van der Waals surface area contributed by atoms with Gasteiger partial charge in [-0.15, -0.1) is 11.3 Å². The second-order valence-corrected chi connectivity index (χ2v) is 9.31. The third-order valence-corrected chi connectivity index (χ3v) is 7.50. The lowest BCUT2D eigenvalue weighted by Crippen LogP contribution is -2.49. The molecule has 5 rings (SSSR count). The van der Waals surface area contributed by atoms with Crippen LogP contribution in [0.15, 0.2) is 3.79 Å². The van der Waals surface area contributed by atoms with Gasteiger partial charge in [0, 0.05) is 18.5 Å². The van der Waals surface area contributed by atoms with E-state index in [1.807, 2.05) is 0 Å². The minimum absolute atomic E-state index is 0.0680. The fraction of sp³-hybridized carbons (Fsp3) is 0.667. The molecular formula is C15H15BrF2N2O2S. The maximum Gasteiger partial charge on any atom is 0.269 e. The van der Waals surface area contributed by atoms with Crippen LogP contribution in [0.2, 0.25) is 0 Å². The van der Waals surface area contributed by atoms with Crippen LogP contribution in [-0.4, -0.2) is 44.2 Å². The number of anilines is 1. The fourth-order valence-electron chi connectivity index (χ4n) is 4.52. The molecule has 0 bridgehead atoms. The highest BCUT2D eigenvalue weighted by molar-refractivity contribution is 9.11. The first-order valence-electron chi connectivity index (χ1n) is 7.77. The third-order valence-electron chi connectivity index (χ3n) is 5.53. The Morgan fingerprint density at radius 2 is 2.09 bits per heavy atom. The Kier molecular flexibility index (Phi) is 2.96. The molecule has 0 radical (unpaired) electrons. The summed E-state index contributed by atoms with van der Waals surface area (Å²) in [6.07, 6.45) is -0.295. The molecule has 1 unspecified atom stereocenters. The van der Waals surface area contributed by atoms with Gasteiger partial charge in [-0.05, 0) is 33.7 Å². The lowest BCUT2D eigenvalue weighted by molar-refractivity contribution is 0.00494. The van der Waals surface area contributed by atoms with E-state index >= 15 is 0 Å². The summed E-state index contributed by atoms with van der Waals surface area (Å²) >= 11 is 4.63. The number of amides is 1. The molecule has 1 aromatic heterocycles. The average molecular weight is 405 g/mol. The molecule has 0 spiro atoms. The molecule has 23 heavy (non-hydrogen) atoms. The lowest BCUT2D eigenvalue weighted by Gasteiger charge is -2.35. The summed E-state index contributed by atoms with van der Waals surface area (Å²) in [5.41, 5.74) is 1.30. The van der Waals surface area contributed by atoms with Crippen molar-refractivity contribution in [2.24, 2.45) is 17.8 Å². The van der Waals surface area contributed by atoms with Gasteiger partial charge < -0.3 is 15.0 Å². The molecule has 124 valence electrons. The van der Waals surface area contributed by atoms with Crippen LogP contribution in [0.1, 0.15) is 15.2 Å². The van der Waals surface area contributed by atoms with Crippen LogP contribution in [0.5, 0.6) is 0 Å². The number of fused-ring (bicyclic) bond motifs is 1. The fourth-order valence-corrected chi connectivity index (χ4v) is 6.30. The first-order valence-corrected chi connectivity index (χ1v) is 9.38. The lowest BCUT2D eigenvalue weighted by atomic mass is 10.0. The molecule has 4 heterocycles. The van der Waals surface area contributed by atoms with Crippen LogP contribution in [0, 0.1) is 17.8 Å². The number of ether oxygens (including phenoxy) is 1. The average Bonchev–Trinajstić information content (AvgIpc) is 2.82. The van der Waals surface area contributed by atoms with Crippen LogP contribution in [-0.2, 0) is 11.2 Å². The molecular weight excluding hydrogens is 390 g/mol. The maximum absolute atomic E-state index is 14.2. The van der Waals surface area contributed by atoms with Gasteiger partial charge in [-0.25, -0.2) is 8.78 Å². The zero-order valence-corrected chi connectivity index (χ0v) is 14.6. The summed E-state index contributed by atoms with van der Waals surface area (Å²) in [5.74, 6) is -1.56. The van der Waals surface area contributed by atoms with Crippen molar-refractivity contribution in [2.75, 3.05) is 31.2 Å². The Morgan fingerprint density at radius 1 is 1.35 bits per heavy atom. The van der Waals surface area contributed by atoms with Crippen molar-refractivity contribution in [3.63, 3.8) is 0 Å². The molecule has 8 heteroatoms. The van der Waals surface area contributed by atoms with E-state index in [-0.39, 0.29) is 24.9 Å². The number of alkyl halides is 2. The highest BCUT2D eigenvalue weighted by Crippen LogP contribution is 2.54. The molecule has 1 saturated heterocycles. The second-order valence-electron chi connectivity index (χ2n) is 6.97. The number of carbonyl (C=O) groups excluding carboxylic acids is 1. The molecule has 0 aromatic carbocycles. The predicted octanol–water partition coefficient (Wildman–Crippen LogP) is 2.51. The van der Waals surface area contributed by atoms with E-state index in [0.717, 1.165) is 18.9 Å². The summed E-state index contributed by atoms with van der Waals surface area (Å²) in [6.45, 7) is 1.62. The van der Waals surface area contributed by atoms with Gasteiger partial charge in [0.15, 0.2) is 0 Å². The summed E-state index contributed by atoms with van der Waals surface area (Å²) in [5, 5.41) is 3.09. The van der Waals surface area contributed by atoms with Crippen molar-refractivity contribution >= 4 is 38.9 Å². The van der Waals surface area contributed by atoms with Gasteiger partial charge in [0.1, 0.15) is 4.88 Å². The highest BCUT2D eigenvalue weighted by atomic mass is 79.9. The minimum Gasteiger partial charge on any atom is -0.381 e. The van der Waals surface area contributed by atoms with Crippen LogP contribution < -0.4 is 10.2 Å². The standard InChI is InChI=1S/C15H15BrF2N2O2S/c16-13-6-1-15(17,18)5-20-2-9(10-7-3-22-4-8(7)10)19-14(21)12(23-13)11(6)20/h7-10H,1-5H2,(H,19,21)/t7-,8+,9?,10-. The number of hydrogen-bond acceptors (Lipinski definition) is 4. The largest absolute Gasteiger partial charge is 0.381 e. The number of hydrogen-bond donors (Lipinski definition) is 1. The number of halogens is 3. The summed E-state index contributed by atoms with van der Waals surface area (Å²) in [4.78, 5) is 14.9. The highest BCUT2D eigenvalue weighted by Gasteiger charge is 2.59. The molecule has 1 N–H and O–H groups in total. The zero-order valence-electron chi connectivity index (χ0n) is 12.2. The van der Waals surface area contributed by atoms with E-state index < -0.39 is 5.92 Å². The summed E-state index contributed by atoms with van der Waals surface area (Å²) in [6, 6.07) is -0.0680. The van der Waals surface area contributed by atoms with Crippen molar-refractivity contribution in [1.29, 1.82) is 0 Å². The van der Waals surface area contributed by atoms with E-state index in [0.29, 0.717) is 38.5 Å². The Bertz CT molecular complexity index is 700. The van der Waals surface area contributed by atoms with E-state index in [2.05, 4.69) is 21.2 Å². The van der Waals surface area contributed by atoms with Crippen molar-refractivity contribution in [3.05, 3.63) is 14.2 Å². The molecule has 3 aliphatic heterocycles. The molecule has 4 atom stereocenters. The zero-order chi connectivity index (χ0) is 15.9. The first-order chi connectivity index (χ1) is 10.9. The number of carbonyl (C=O) groups is 1. The Morgan fingerprint density at radius 3 is 2.83 bits per heavy atom. The van der Waals surface area contributed by atoms with E-state index in [1.54, 1.807) is 4.90 Å². The van der Waals surface area contributed by atoms with Gasteiger partial charge in [0.05, 0.1) is 35.3 Å². The van der Waals surface area contributed by atoms with Crippen LogP contribution >= 0.6 is 27.3 Å². The maximum atomic E-state index is 14.2. The third kappa shape index (κ3) is 2.10. The van der Waals surface area contributed by atoms with Gasteiger partial charge in [-0.1, -0.05) is 0 Å². The van der Waals surface area contributed by atoms with E-state index in [9.17, 15) is 13.6 Å². The van der Waals surface area contributed by atoms with Gasteiger partial charge in [0.25, 0.3) is 11.8 Å². The van der Waals surface area contributed by atoms with Crippen LogP contribution in [0.3, 0.4) is 0 Å². The molecule has 2 fully saturated rings. The Hall–Kier alpha value is -0.730. The van der Waals surface area contributed by atoms with Crippen LogP contribution in [0.4, 0.5) is 14.5 Å². The van der Waals surface area contributed by atoms with Crippen molar-refractivity contribution in [1.82, 2.24) is 5.32 Å². The van der Waals surface area contributed by atoms with Gasteiger partial charge in [-0.2, -0.15) is 0 Å². The SMILES string of the molecule is O=C1NC([C@@H]2[C@@H]3COC[C@@H]32)CN2CC(F)(F)Cc3c(Br)sc1c32. The van der Waals surface area contributed by atoms with Gasteiger partial charge >= 0.3 is 0 Å². The van der Waals surface area contributed by atoms with E-state index in [1.165, 1.54) is 11.3 Å². The normalized spacial score (nSPS) is 37.0. The smallest absolute Gasteiger partial charge is 0.269 e. The molecule has 1 amide bonds. The second kappa shape index (κ2) is 4.67. The van der Waals surface area contributed by atoms with Gasteiger partial charge in [0.2, 0.25) is 0 Å². The number of rotatable bonds is 1. The topological polar surface area (TPSA) is 41.6 Å². The number of nitrogens with one attached hydrogen (secondary N) is 1. The summed E-state index contributed by atoms with van der Waals surface area (Å²) in [7, 11) is 0. The number of nitrogens with zero attached hydrogens (tertiary/aromatic N) is 1. The van der Waals surface area contributed by atoms with Crippen molar-refractivity contribution in [3.8, 4) is 0 Å². The Labute approximate surface area is 144 Å². The van der Waals surface area contributed by atoms with Crippen LogP contribution in [0.25, 0.3) is 0 Å². The van der Waals surface area contributed by atoms with E-state index in [4.69, 9.17) is 4.74 Å². The van der Waals surface area contributed by atoms with Crippen molar-refractivity contribution < 1.29 is 18.3 Å². The molecule has 4 nitrogen and oxygen atoms in total. The first kappa shape index (κ1) is 14.6.